The number of benzene rings is 3. The van der Waals surface area contributed by atoms with E-state index in [2.05, 4.69) is 33.7 Å². The van der Waals surface area contributed by atoms with Crippen LogP contribution in [-0.2, 0) is 4.79 Å². The second-order valence-corrected chi connectivity index (χ2v) is 10.7. The molecule has 5 atom stereocenters. The largest absolute Gasteiger partial charge is 0.378 e. The molecule has 3 unspecified atom stereocenters. The minimum Gasteiger partial charge on any atom is -0.378 e. The molecule has 2 N–H and O–H groups in total. The Kier molecular flexibility index (Phi) is 6.59. The Morgan fingerprint density at radius 3 is 2.42 bits per heavy atom. The third-order valence-corrected chi connectivity index (χ3v) is 8.56. The molecule has 2 amide bonds. The van der Waals surface area contributed by atoms with Crippen molar-refractivity contribution in [1.29, 1.82) is 5.26 Å². The molecule has 6 rings (SSSR count). The molecule has 1 saturated carbocycles. The molecule has 2 fully saturated rings. The highest BCUT2D eigenvalue weighted by atomic mass is 16.2. The Morgan fingerprint density at radius 2 is 1.66 bits per heavy atom. The maximum absolute atomic E-state index is 14.3. The lowest BCUT2D eigenvalue weighted by Crippen LogP contribution is -2.50. The normalized spacial score (nSPS) is 25.9. The molecule has 192 valence electrons. The number of likely N-dealkylation sites (tertiary alicyclic amines) is 1. The van der Waals surface area contributed by atoms with Crippen molar-refractivity contribution in [3.63, 3.8) is 0 Å². The van der Waals surface area contributed by atoms with Crippen LogP contribution in [0.1, 0.15) is 71.2 Å². The smallest absolute Gasteiger partial charge is 0.251 e. The number of fused-ring (bicyclic) bond motifs is 3. The Hall–Kier alpha value is -4.11. The number of nitrogens with zero attached hydrogens (tertiary/aromatic N) is 2. The molecule has 2 aliphatic heterocycles. The van der Waals surface area contributed by atoms with Gasteiger partial charge in [0.1, 0.15) is 0 Å². The van der Waals surface area contributed by atoms with E-state index in [-0.39, 0.29) is 41.8 Å². The lowest BCUT2D eigenvalue weighted by Gasteiger charge is -2.42. The van der Waals surface area contributed by atoms with Gasteiger partial charge in [-0.05, 0) is 54.7 Å². The van der Waals surface area contributed by atoms with Crippen LogP contribution in [0.4, 0.5) is 5.69 Å². The van der Waals surface area contributed by atoms with E-state index in [0.29, 0.717) is 17.7 Å². The van der Waals surface area contributed by atoms with Gasteiger partial charge in [-0.1, -0.05) is 67.4 Å². The van der Waals surface area contributed by atoms with Gasteiger partial charge in [0.15, 0.2) is 0 Å². The average molecular weight is 505 g/mol. The van der Waals surface area contributed by atoms with Crippen LogP contribution >= 0.6 is 0 Å². The number of hydrogen-bond acceptors (Lipinski definition) is 4. The minimum absolute atomic E-state index is 0.0559. The summed E-state index contributed by atoms with van der Waals surface area (Å²) in [5.41, 5.74) is 4.42. The monoisotopic (exact) mass is 504 g/mol. The summed E-state index contributed by atoms with van der Waals surface area (Å²) in [6.45, 7) is 0.689. The van der Waals surface area contributed by atoms with E-state index in [4.69, 9.17) is 0 Å². The van der Waals surface area contributed by atoms with E-state index in [1.807, 2.05) is 66.7 Å². The van der Waals surface area contributed by atoms with Gasteiger partial charge in [0.25, 0.3) is 5.91 Å². The van der Waals surface area contributed by atoms with Crippen molar-refractivity contribution < 1.29 is 9.59 Å². The van der Waals surface area contributed by atoms with Gasteiger partial charge in [0.05, 0.1) is 29.6 Å². The third-order valence-electron chi connectivity index (χ3n) is 8.56. The highest BCUT2D eigenvalue weighted by Gasteiger charge is 2.48. The lowest BCUT2D eigenvalue weighted by atomic mass is 9.79. The van der Waals surface area contributed by atoms with Crippen molar-refractivity contribution in [2.24, 2.45) is 11.8 Å². The van der Waals surface area contributed by atoms with Crippen LogP contribution in [0, 0.1) is 23.2 Å². The topological polar surface area (TPSA) is 85.2 Å². The molecule has 3 aliphatic rings. The molecule has 3 aromatic carbocycles. The van der Waals surface area contributed by atoms with Gasteiger partial charge >= 0.3 is 0 Å². The molecule has 0 spiro atoms. The van der Waals surface area contributed by atoms with Gasteiger partial charge in [-0.25, -0.2) is 0 Å². The molecule has 2 heterocycles. The Labute approximate surface area is 223 Å². The highest BCUT2D eigenvalue weighted by Crippen LogP contribution is 2.52. The van der Waals surface area contributed by atoms with Gasteiger partial charge < -0.3 is 15.5 Å². The van der Waals surface area contributed by atoms with Gasteiger partial charge in [-0.15, -0.1) is 0 Å². The number of carbonyl (C=O) groups is 2. The fourth-order valence-electron chi connectivity index (χ4n) is 6.74. The van der Waals surface area contributed by atoms with E-state index in [1.165, 1.54) is 5.56 Å². The molecule has 0 radical (unpaired) electrons. The number of anilines is 1. The summed E-state index contributed by atoms with van der Waals surface area (Å²) in [6, 6.07) is 27.5. The summed E-state index contributed by atoms with van der Waals surface area (Å²) >= 11 is 0. The fourth-order valence-corrected chi connectivity index (χ4v) is 6.74. The average Bonchev–Trinajstić information content (AvgIpc) is 3.43. The van der Waals surface area contributed by atoms with E-state index in [1.54, 1.807) is 0 Å². The maximum Gasteiger partial charge on any atom is 0.251 e. The van der Waals surface area contributed by atoms with Crippen molar-refractivity contribution in [1.82, 2.24) is 10.2 Å². The number of amides is 2. The molecule has 6 nitrogen and oxygen atoms in total. The summed E-state index contributed by atoms with van der Waals surface area (Å²) < 4.78 is 0. The highest BCUT2D eigenvalue weighted by molar-refractivity contribution is 5.95. The van der Waals surface area contributed by atoms with Gasteiger partial charge in [0.2, 0.25) is 5.91 Å². The molecule has 0 bridgehead atoms. The standard InChI is InChI=1S/C32H32N4O2/c33-20-21-15-16-24-28(19-21)34-29(22-9-3-1-4-10-22)26-17-18-36(30(24)26)32(38)25-13-7-8-14-27(25)35-31(37)23-11-5-2-6-12-23/h1-6,9-12,15-16,19,25-27,29-30,34H,7-8,13-14,17-18H2,(H,35,37)/t25-,26?,27+,29?,30?/m0/s1. The van der Waals surface area contributed by atoms with E-state index < -0.39 is 0 Å². The number of hydrogen-bond donors (Lipinski definition) is 2. The molecule has 0 aromatic heterocycles. The van der Waals surface area contributed by atoms with Crippen molar-refractivity contribution >= 4 is 17.5 Å². The fraction of sp³-hybridized carbons (Fsp3) is 0.344. The second-order valence-electron chi connectivity index (χ2n) is 10.7. The molecule has 6 heteroatoms. The first kappa shape index (κ1) is 24.2. The van der Waals surface area contributed by atoms with E-state index >= 15 is 0 Å². The van der Waals surface area contributed by atoms with Crippen molar-refractivity contribution in [3.8, 4) is 6.07 Å². The number of nitrogens with one attached hydrogen (secondary N) is 2. The zero-order valence-electron chi connectivity index (χ0n) is 21.3. The first-order valence-electron chi connectivity index (χ1n) is 13.7. The Balaban J connectivity index is 1.30. The molecular weight excluding hydrogens is 472 g/mol. The molecule has 3 aromatic rings. The summed E-state index contributed by atoms with van der Waals surface area (Å²) in [5, 5.41) is 16.4. The molecule has 38 heavy (non-hydrogen) atoms. The lowest BCUT2D eigenvalue weighted by molar-refractivity contribution is -0.138. The summed E-state index contributed by atoms with van der Waals surface area (Å²) in [7, 11) is 0. The van der Waals surface area contributed by atoms with E-state index in [0.717, 1.165) is 43.4 Å². The van der Waals surface area contributed by atoms with Crippen molar-refractivity contribution in [2.45, 2.75) is 50.2 Å². The van der Waals surface area contributed by atoms with Crippen LogP contribution in [-0.4, -0.2) is 29.3 Å². The minimum atomic E-state index is -0.234. The van der Waals surface area contributed by atoms with Crippen LogP contribution in [0.2, 0.25) is 0 Å². The van der Waals surface area contributed by atoms with Gasteiger partial charge in [-0.2, -0.15) is 5.26 Å². The third kappa shape index (κ3) is 4.43. The quantitative estimate of drug-likeness (QED) is 0.484. The van der Waals surface area contributed by atoms with Crippen molar-refractivity contribution in [2.75, 3.05) is 11.9 Å². The first-order valence-corrected chi connectivity index (χ1v) is 13.7. The molecule has 1 aliphatic carbocycles. The van der Waals surface area contributed by atoms with Gasteiger partial charge in [-0.3, -0.25) is 9.59 Å². The summed E-state index contributed by atoms with van der Waals surface area (Å²) in [5.74, 6) is 0.0133. The Morgan fingerprint density at radius 1 is 0.921 bits per heavy atom. The zero-order chi connectivity index (χ0) is 26.1. The zero-order valence-corrected chi connectivity index (χ0v) is 21.3. The number of carbonyl (C=O) groups excluding carboxylic acids is 2. The van der Waals surface area contributed by atoms with Crippen LogP contribution < -0.4 is 10.6 Å². The molecular formula is C32H32N4O2. The predicted octanol–water partition coefficient (Wildman–Crippen LogP) is 5.60. The maximum atomic E-state index is 14.3. The predicted molar refractivity (Wildman–Crippen MR) is 146 cm³/mol. The van der Waals surface area contributed by atoms with E-state index in [9.17, 15) is 14.9 Å². The van der Waals surface area contributed by atoms with Crippen LogP contribution in [0.5, 0.6) is 0 Å². The number of rotatable bonds is 4. The van der Waals surface area contributed by atoms with Crippen molar-refractivity contribution in [3.05, 3.63) is 101 Å². The summed E-state index contributed by atoms with van der Waals surface area (Å²) in [4.78, 5) is 29.3. The van der Waals surface area contributed by atoms with Crippen LogP contribution in [0.15, 0.2) is 78.9 Å². The Bertz CT molecular complexity index is 1370. The second kappa shape index (κ2) is 10.3. The first-order chi connectivity index (χ1) is 18.6. The van der Waals surface area contributed by atoms with Crippen LogP contribution in [0.3, 0.4) is 0 Å². The summed E-state index contributed by atoms with van der Waals surface area (Å²) in [6.07, 6.45) is 4.50. The van der Waals surface area contributed by atoms with Crippen LogP contribution in [0.25, 0.3) is 0 Å². The van der Waals surface area contributed by atoms with Gasteiger partial charge in [0, 0.05) is 29.8 Å². The SMILES string of the molecule is N#Cc1ccc2c(c1)NC(c1ccccc1)C1CCN(C(=O)[C@H]3CCCC[C@H]3NC(=O)c3ccccc3)C21. The molecule has 1 saturated heterocycles. The number of nitriles is 1.